The summed E-state index contributed by atoms with van der Waals surface area (Å²) in [7, 11) is 0. The van der Waals surface area contributed by atoms with E-state index in [1.165, 1.54) is 5.38 Å². The first kappa shape index (κ1) is 16.1. The van der Waals surface area contributed by atoms with Crippen molar-refractivity contribution in [3.05, 3.63) is 21.9 Å². The molecule has 0 radical (unpaired) electrons. The second-order valence-electron chi connectivity index (χ2n) is 4.79. The van der Waals surface area contributed by atoms with Crippen LogP contribution in [0.25, 0.3) is 0 Å². The maximum Gasteiger partial charge on any atom is 0.471 e. The minimum atomic E-state index is -5.06. The highest BCUT2D eigenvalue weighted by molar-refractivity contribution is 7.10. The van der Waals surface area contributed by atoms with Gasteiger partial charge in [-0.25, -0.2) is 0 Å². The molecule has 0 aromatic carbocycles. The van der Waals surface area contributed by atoms with Gasteiger partial charge in [0.15, 0.2) is 0 Å². The number of nitrogens with zero attached hydrogens (tertiary/aromatic N) is 1. The van der Waals surface area contributed by atoms with E-state index in [0.29, 0.717) is 16.2 Å². The van der Waals surface area contributed by atoms with Crippen molar-refractivity contribution in [2.24, 2.45) is 5.73 Å². The van der Waals surface area contributed by atoms with E-state index in [4.69, 9.17) is 5.73 Å². The zero-order valence-corrected chi connectivity index (χ0v) is 11.2. The van der Waals surface area contributed by atoms with E-state index in [9.17, 15) is 31.1 Å². The number of alkyl halides is 6. The molecule has 0 spiro atoms. The monoisotopic (exact) mass is 332 g/mol. The molecule has 1 aromatic heterocycles. The van der Waals surface area contributed by atoms with E-state index in [1.54, 1.807) is 0 Å². The van der Waals surface area contributed by atoms with Crippen LogP contribution in [-0.4, -0.2) is 30.1 Å². The second kappa shape index (κ2) is 4.87. The highest BCUT2D eigenvalue weighted by Crippen LogP contribution is 2.42. The molecule has 118 valence electrons. The average molecular weight is 332 g/mol. The van der Waals surface area contributed by atoms with E-state index < -0.39 is 35.2 Å². The Kier molecular flexibility index (Phi) is 3.73. The first-order chi connectivity index (χ1) is 9.45. The molecule has 2 rings (SSSR count). The summed E-state index contributed by atoms with van der Waals surface area (Å²) in [4.78, 5) is 10.6. The number of rotatable bonds is 1. The van der Waals surface area contributed by atoms with Crippen molar-refractivity contribution in [3.63, 3.8) is 0 Å². The molecule has 1 atom stereocenters. The lowest BCUT2D eigenvalue weighted by atomic mass is 9.90. The van der Waals surface area contributed by atoms with Crippen LogP contribution in [0.5, 0.6) is 0 Å². The van der Waals surface area contributed by atoms with Crippen LogP contribution in [0.4, 0.5) is 26.3 Å². The van der Waals surface area contributed by atoms with E-state index in [0.717, 1.165) is 6.07 Å². The molecule has 3 nitrogen and oxygen atoms in total. The van der Waals surface area contributed by atoms with Crippen LogP contribution in [0.3, 0.4) is 0 Å². The molecule has 21 heavy (non-hydrogen) atoms. The molecule has 1 aliphatic rings. The number of amides is 1. The van der Waals surface area contributed by atoms with Gasteiger partial charge in [-0.1, -0.05) is 0 Å². The summed E-state index contributed by atoms with van der Waals surface area (Å²) in [5.41, 5.74) is 3.95. The fraction of sp³-hybridized carbons (Fsp3) is 0.545. The highest BCUT2D eigenvalue weighted by Gasteiger charge is 2.50. The topological polar surface area (TPSA) is 46.3 Å². The van der Waals surface area contributed by atoms with Crippen molar-refractivity contribution in [1.82, 2.24) is 4.90 Å². The Morgan fingerprint density at radius 3 is 2.43 bits per heavy atom. The molecule has 2 N–H and O–H groups in total. The molecule has 1 saturated heterocycles. The van der Waals surface area contributed by atoms with Crippen LogP contribution in [-0.2, 0) is 16.5 Å². The molecular weight excluding hydrogens is 322 g/mol. The zero-order valence-electron chi connectivity index (χ0n) is 10.4. The summed E-state index contributed by atoms with van der Waals surface area (Å²) < 4.78 is 75.6. The molecule has 10 heteroatoms. The van der Waals surface area contributed by atoms with Crippen molar-refractivity contribution in [3.8, 4) is 0 Å². The van der Waals surface area contributed by atoms with Crippen LogP contribution < -0.4 is 5.73 Å². The standard InChI is InChI=1S/C11H10F6N2OS/c12-10(13,14)7-6(1-4-21-7)9(18)2-3-19(5-9)8(20)11(15,16)17/h1,4H,2-3,5,18H2. The minimum Gasteiger partial charge on any atom is -0.333 e. The van der Waals surface area contributed by atoms with Gasteiger partial charge in [0.05, 0.1) is 5.54 Å². The van der Waals surface area contributed by atoms with Gasteiger partial charge in [0.1, 0.15) is 4.88 Å². The fourth-order valence-corrected chi connectivity index (χ4v) is 3.20. The van der Waals surface area contributed by atoms with Crippen molar-refractivity contribution in [2.45, 2.75) is 24.3 Å². The van der Waals surface area contributed by atoms with Gasteiger partial charge in [-0.2, -0.15) is 26.3 Å². The molecule has 1 amide bonds. The number of nitrogens with two attached hydrogens (primary N) is 1. The largest absolute Gasteiger partial charge is 0.471 e. The number of carbonyl (C=O) groups is 1. The third-order valence-corrected chi connectivity index (χ3v) is 4.25. The van der Waals surface area contributed by atoms with Crippen molar-refractivity contribution in [2.75, 3.05) is 13.1 Å². The molecule has 1 fully saturated rings. The Labute approximate surface area is 119 Å². The first-order valence-electron chi connectivity index (χ1n) is 5.75. The van der Waals surface area contributed by atoms with Crippen LogP contribution in [0, 0.1) is 0 Å². The predicted octanol–water partition coefficient (Wildman–Crippen LogP) is 2.72. The van der Waals surface area contributed by atoms with Gasteiger partial charge in [0.25, 0.3) is 0 Å². The Hall–Kier alpha value is -1.29. The van der Waals surface area contributed by atoms with Crippen molar-refractivity contribution >= 4 is 17.2 Å². The number of carbonyl (C=O) groups excluding carboxylic acids is 1. The summed E-state index contributed by atoms with van der Waals surface area (Å²) >= 11 is 0.426. The van der Waals surface area contributed by atoms with Gasteiger partial charge in [-0.15, -0.1) is 11.3 Å². The SMILES string of the molecule is NC1(c2ccsc2C(F)(F)F)CCN(C(=O)C(F)(F)F)C1. The zero-order chi connectivity index (χ0) is 16.1. The first-order valence-corrected chi connectivity index (χ1v) is 6.63. The minimum absolute atomic E-state index is 0.158. The maximum absolute atomic E-state index is 12.8. The van der Waals surface area contributed by atoms with Crippen LogP contribution in [0.2, 0.25) is 0 Å². The predicted molar refractivity (Wildman–Crippen MR) is 62.4 cm³/mol. The third kappa shape index (κ3) is 3.00. The van der Waals surface area contributed by atoms with Crippen molar-refractivity contribution < 1.29 is 31.1 Å². The van der Waals surface area contributed by atoms with Gasteiger partial charge >= 0.3 is 18.3 Å². The van der Waals surface area contributed by atoms with Gasteiger partial charge in [-0.3, -0.25) is 4.79 Å². The van der Waals surface area contributed by atoms with Crippen LogP contribution in [0.15, 0.2) is 11.4 Å². The lowest BCUT2D eigenvalue weighted by Crippen LogP contribution is -2.45. The Morgan fingerprint density at radius 1 is 1.29 bits per heavy atom. The summed E-state index contributed by atoms with van der Waals surface area (Å²) in [6.07, 6.45) is -9.85. The molecule has 1 unspecified atom stereocenters. The van der Waals surface area contributed by atoms with Crippen molar-refractivity contribution in [1.29, 1.82) is 0 Å². The highest BCUT2D eigenvalue weighted by atomic mass is 32.1. The summed E-state index contributed by atoms with van der Waals surface area (Å²) in [6.45, 7) is -0.923. The van der Waals surface area contributed by atoms with E-state index in [2.05, 4.69) is 0 Å². The van der Waals surface area contributed by atoms with E-state index in [-0.39, 0.29) is 18.5 Å². The fourth-order valence-electron chi connectivity index (χ4n) is 2.33. The van der Waals surface area contributed by atoms with Crippen LogP contribution >= 0.6 is 11.3 Å². The van der Waals surface area contributed by atoms with Gasteiger partial charge in [-0.05, 0) is 23.4 Å². The average Bonchev–Trinajstić information content (AvgIpc) is 2.92. The lowest BCUT2D eigenvalue weighted by molar-refractivity contribution is -0.184. The Balaban J connectivity index is 2.27. The number of likely N-dealkylation sites (tertiary alicyclic amines) is 1. The number of halogens is 6. The number of hydrogen-bond acceptors (Lipinski definition) is 3. The summed E-state index contributed by atoms with van der Waals surface area (Å²) in [5, 5.41) is 1.18. The quantitative estimate of drug-likeness (QED) is 0.804. The molecule has 0 saturated carbocycles. The Morgan fingerprint density at radius 2 is 1.90 bits per heavy atom. The van der Waals surface area contributed by atoms with E-state index in [1.807, 2.05) is 0 Å². The van der Waals surface area contributed by atoms with Gasteiger partial charge in [0.2, 0.25) is 0 Å². The maximum atomic E-state index is 12.8. The number of hydrogen-bond donors (Lipinski definition) is 1. The molecule has 0 aliphatic carbocycles. The van der Waals surface area contributed by atoms with Crippen LogP contribution in [0.1, 0.15) is 16.9 Å². The molecular formula is C11H10F6N2OS. The van der Waals surface area contributed by atoms with E-state index >= 15 is 0 Å². The number of thiophene rings is 1. The molecule has 1 aliphatic heterocycles. The Bertz CT molecular complexity index is 552. The second-order valence-corrected chi connectivity index (χ2v) is 5.71. The van der Waals surface area contributed by atoms with Gasteiger partial charge in [0, 0.05) is 13.1 Å². The normalized spacial score (nSPS) is 23.7. The summed E-state index contributed by atoms with van der Waals surface area (Å²) in [5.74, 6) is -2.08. The lowest BCUT2D eigenvalue weighted by Gasteiger charge is -2.26. The summed E-state index contributed by atoms with van der Waals surface area (Å²) in [6, 6.07) is 1.15. The molecule has 1 aromatic rings. The van der Waals surface area contributed by atoms with Gasteiger partial charge < -0.3 is 10.6 Å². The third-order valence-electron chi connectivity index (χ3n) is 3.29. The molecule has 2 heterocycles. The smallest absolute Gasteiger partial charge is 0.333 e. The molecule has 0 bridgehead atoms.